The van der Waals surface area contributed by atoms with Gasteiger partial charge in [0.25, 0.3) is 0 Å². The Bertz CT molecular complexity index is 307. The minimum absolute atomic E-state index is 0.350. The van der Waals surface area contributed by atoms with Crippen molar-refractivity contribution >= 4 is 22.9 Å². The van der Waals surface area contributed by atoms with Crippen molar-refractivity contribution in [2.24, 2.45) is 5.41 Å². The van der Waals surface area contributed by atoms with Gasteiger partial charge in [0, 0.05) is 11.4 Å². The van der Waals surface area contributed by atoms with Crippen molar-refractivity contribution in [3.05, 3.63) is 21.3 Å². The molecule has 1 aromatic rings. The van der Waals surface area contributed by atoms with Gasteiger partial charge in [0.05, 0.1) is 5.02 Å². The van der Waals surface area contributed by atoms with Gasteiger partial charge in [-0.05, 0) is 42.7 Å². The van der Waals surface area contributed by atoms with Crippen molar-refractivity contribution in [2.75, 3.05) is 13.1 Å². The molecule has 0 amide bonds. The summed E-state index contributed by atoms with van der Waals surface area (Å²) in [5, 5.41) is 6.49. The predicted molar refractivity (Wildman–Crippen MR) is 74.6 cm³/mol. The topological polar surface area (TPSA) is 12.0 Å². The normalized spacial score (nSPS) is 12.0. The number of nitrogens with one attached hydrogen (secondary N) is 1. The summed E-state index contributed by atoms with van der Waals surface area (Å²) in [6.45, 7) is 9.03. The molecule has 1 N–H and O–H groups in total. The zero-order chi connectivity index (χ0) is 12.0. The lowest BCUT2D eigenvalue weighted by Crippen LogP contribution is -2.30. The van der Waals surface area contributed by atoms with Crippen molar-refractivity contribution in [3.63, 3.8) is 0 Å². The third-order valence-electron chi connectivity index (χ3n) is 2.75. The monoisotopic (exact) mass is 259 g/mol. The van der Waals surface area contributed by atoms with Gasteiger partial charge in [-0.2, -0.15) is 0 Å². The first kappa shape index (κ1) is 14.0. The van der Waals surface area contributed by atoms with E-state index in [1.807, 2.05) is 6.07 Å². The van der Waals surface area contributed by atoms with Crippen LogP contribution < -0.4 is 5.32 Å². The fraction of sp³-hybridized carbons (Fsp3) is 0.692. The number of aryl methyl sites for hydroxylation is 1. The summed E-state index contributed by atoms with van der Waals surface area (Å²) in [6, 6.07) is 1.99. The smallest absolute Gasteiger partial charge is 0.0544 e. The van der Waals surface area contributed by atoms with Crippen LogP contribution in [0.1, 0.15) is 38.5 Å². The summed E-state index contributed by atoms with van der Waals surface area (Å²) in [7, 11) is 0. The Kier molecular flexibility index (Phi) is 5.81. The molecular weight excluding hydrogens is 238 g/mol. The third-order valence-corrected chi connectivity index (χ3v) is 4.20. The van der Waals surface area contributed by atoms with Crippen LogP contribution in [0.4, 0.5) is 0 Å². The number of rotatable bonds is 7. The lowest BCUT2D eigenvalue weighted by Gasteiger charge is -2.24. The summed E-state index contributed by atoms with van der Waals surface area (Å²) >= 11 is 7.86. The summed E-state index contributed by atoms with van der Waals surface area (Å²) < 4.78 is 0. The third kappa shape index (κ3) is 4.86. The van der Waals surface area contributed by atoms with Crippen LogP contribution in [0.5, 0.6) is 0 Å². The second-order valence-electron chi connectivity index (χ2n) is 5.03. The molecule has 1 rings (SSSR count). The average Bonchev–Trinajstić information content (AvgIpc) is 2.62. The van der Waals surface area contributed by atoms with Crippen LogP contribution in [0.2, 0.25) is 5.02 Å². The van der Waals surface area contributed by atoms with E-state index in [1.165, 1.54) is 17.7 Å². The van der Waals surface area contributed by atoms with Gasteiger partial charge in [0.2, 0.25) is 0 Å². The Labute approximate surface area is 108 Å². The second kappa shape index (κ2) is 6.63. The zero-order valence-corrected chi connectivity index (χ0v) is 12.0. The van der Waals surface area contributed by atoms with Crippen LogP contribution >= 0.6 is 22.9 Å². The van der Waals surface area contributed by atoms with Crippen molar-refractivity contribution in [2.45, 2.75) is 40.0 Å². The molecule has 3 heteroatoms. The first-order valence-electron chi connectivity index (χ1n) is 5.98. The molecule has 0 spiro atoms. The summed E-state index contributed by atoms with van der Waals surface area (Å²) in [4.78, 5) is 1.32. The van der Waals surface area contributed by atoms with E-state index in [-0.39, 0.29) is 0 Å². The number of hydrogen-bond acceptors (Lipinski definition) is 2. The van der Waals surface area contributed by atoms with E-state index in [0.717, 1.165) is 24.5 Å². The van der Waals surface area contributed by atoms with Crippen molar-refractivity contribution in [3.8, 4) is 0 Å². The molecule has 92 valence electrons. The van der Waals surface area contributed by atoms with E-state index in [0.29, 0.717) is 5.41 Å². The molecule has 0 saturated carbocycles. The highest BCUT2D eigenvalue weighted by atomic mass is 35.5. The summed E-state index contributed by atoms with van der Waals surface area (Å²) in [6.07, 6.45) is 3.48. The van der Waals surface area contributed by atoms with Crippen LogP contribution in [0.25, 0.3) is 0 Å². The minimum atomic E-state index is 0.350. The zero-order valence-electron chi connectivity index (χ0n) is 10.5. The standard InChI is InChI=1S/C13H22ClNS/c1-4-8-15-10-13(2,3)7-5-12-11(14)6-9-16-12/h6,9,15H,4-5,7-8,10H2,1-3H3. The minimum Gasteiger partial charge on any atom is -0.316 e. The molecule has 0 radical (unpaired) electrons. The number of hydrogen-bond donors (Lipinski definition) is 1. The van der Waals surface area contributed by atoms with Gasteiger partial charge in [-0.1, -0.05) is 32.4 Å². The van der Waals surface area contributed by atoms with E-state index in [1.54, 1.807) is 11.3 Å². The molecule has 0 saturated heterocycles. The molecule has 0 aromatic carbocycles. The molecule has 0 bridgehead atoms. The molecule has 0 unspecified atom stereocenters. The fourth-order valence-corrected chi connectivity index (χ4v) is 2.78. The highest BCUT2D eigenvalue weighted by Gasteiger charge is 2.17. The van der Waals surface area contributed by atoms with E-state index in [2.05, 4.69) is 31.5 Å². The van der Waals surface area contributed by atoms with Gasteiger partial charge in [-0.25, -0.2) is 0 Å². The first-order chi connectivity index (χ1) is 7.55. The highest BCUT2D eigenvalue weighted by Crippen LogP contribution is 2.28. The maximum absolute atomic E-state index is 6.09. The summed E-state index contributed by atoms with van der Waals surface area (Å²) in [5.74, 6) is 0. The first-order valence-corrected chi connectivity index (χ1v) is 7.23. The summed E-state index contributed by atoms with van der Waals surface area (Å²) in [5.41, 5.74) is 0.350. The lowest BCUT2D eigenvalue weighted by molar-refractivity contribution is 0.316. The Morgan fingerprint density at radius 1 is 1.44 bits per heavy atom. The second-order valence-corrected chi connectivity index (χ2v) is 6.44. The van der Waals surface area contributed by atoms with E-state index in [9.17, 15) is 0 Å². The molecule has 0 atom stereocenters. The molecule has 1 aromatic heterocycles. The van der Waals surface area contributed by atoms with Crippen LogP contribution in [0, 0.1) is 5.41 Å². The molecule has 0 aliphatic heterocycles. The Balaban J connectivity index is 2.33. The number of halogens is 1. The maximum Gasteiger partial charge on any atom is 0.0544 e. The predicted octanol–water partition coefficient (Wildman–Crippen LogP) is 4.36. The molecule has 0 fully saturated rings. The van der Waals surface area contributed by atoms with Gasteiger partial charge in [-0.15, -0.1) is 11.3 Å². The van der Waals surface area contributed by atoms with E-state index >= 15 is 0 Å². The Hall–Kier alpha value is -0.0500. The van der Waals surface area contributed by atoms with Gasteiger partial charge >= 0.3 is 0 Å². The lowest BCUT2D eigenvalue weighted by atomic mass is 9.87. The quantitative estimate of drug-likeness (QED) is 0.718. The molecular formula is C13H22ClNS. The van der Waals surface area contributed by atoms with Gasteiger partial charge in [-0.3, -0.25) is 0 Å². The van der Waals surface area contributed by atoms with E-state index in [4.69, 9.17) is 11.6 Å². The van der Waals surface area contributed by atoms with Gasteiger partial charge in [0.1, 0.15) is 0 Å². The van der Waals surface area contributed by atoms with Crippen LogP contribution in [0.3, 0.4) is 0 Å². The van der Waals surface area contributed by atoms with Crippen LogP contribution in [-0.4, -0.2) is 13.1 Å². The van der Waals surface area contributed by atoms with Crippen molar-refractivity contribution < 1.29 is 0 Å². The number of thiophene rings is 1. The molecule has 0 aliphatic carbocycles. The average molecular weight is 260 g/mol. The van der Waals surface area contributed by atoms with Crippen molar-refractivity contribution in [1.82, 2.24) is 5.32 Å². The molecule has 1 nitrogen and oxygen atoms in total. The van der Waals surface area contributed by atoms with Crippen LogP contribution in [-0.2, 0) is 6.42 Å². The SMILES string of the molecule is CCCNCC(C)(C)CCc1sccc1Cl. The maximum atomic E-state index is 6.09. The highest BCUT2D eigenvalue weighted by molar-refractivity contribution is 7.10. The van der Waals surface area contributed by atoms with Gasteiger partial charge < -0.3 is 5.32 Å². The fourth-order valence-electron chi connectivity index (χ4n) is 1.65. The largest absolute Gasteiger partial charge is 0.316 e. The Morgan fingerprint density at radius 2 is 2.19 bits per heavy atom. The Morgan fingerprint density at radius 3 is 2.75 bits per heavy atom. The van der Waals surface area contributed by atoms with Gasteiger partial charge in [0.15, 0.2) is 0 Å². The van der Waals surface area contributed by atoms with Crippen LogP contribution in [0.15, 0.2) is 11.4 Å². The molecule has 16 heavy (non-hydrogen) atoms. The molecule has 1 heterocycles. The van der Waals surface area contributed by atoms with E-state index < -0.39 is 0 Å². The van der Waals surface area contributed by atoms with Crippen molar-refractivity contribution in [1.29, 1.82) is 0 Å². The molecule has 0 aliphatic rings.